The van der Waals surface area contributed by atoms with E-state index in [2.05, 4.69) is 10.3 Å². The number of carbonyl (C=O) groups is 2. The van der Waals surface area contributed by atoms with Crippen molar-refractivity contribution < 1.29 is 18.0 Å². The Balaban J connectivity index is 1.83. The third-order valence-corrected chi connectivity index (χ3v) is 6.71. The minimum atomic E-state index is -3.15. The third kappa shape index (κ3) is 4.68. The average Bonchev–Trinajstić information content (AvgIpc) is 2.93. The van der Waals surface area contributed by atoms with Gasteiger partial charge in [0.1, 0.15) is 6.04 Å². The van der Waals surface area contributed by atoms with Crippen molar-refractivity contribution in [1.82, 2.24) is 15.2 Å². The first-order valence-electron chi connectivity index (χ1n) is 9.06. The molecule has 2 heterocycles. The highest BCUT2D eigenvalue weighted by Crippen LogP contribution is 2.20. The van der Waals surface area contributed by atoms with E-state index in [1.54, 1.807) is 4.90 Å². The van der Waals surface area contributed by atoms with Crippen LogP contribution in [0.2, 0.25) is 0 Å². The van der Waals surface area contributed by atoms with Crippen LogP contribution in [0, 0.1) is 5.92 Å². The second-order valence-electron chi connectivity index (χ2n) is 7.32. The van der Waals surface area contributed by atoms with Crippen molar-refractivity contribution in [2.45, 2.75) is 26.3 Å². The van der Waals surface area contributed by atoms with Crippen LogP contribution in [-0.4, -0.2) is 60.8 Å². The van der Waals surface area contributed by atoms with E-state index in [0.717, 1.165) is 16.5 Å². The molecule has 27 heavy (non-hydrogen) atoms. The highest BCUT2D eigenvalue weighted by molar-refractivity contribution is 7.91. The second-order valence-corrected chi connectivity index (χ2v) is 9.55. The zero-order valence-electron chi connectivity index (χ0n) is 15.6. The Bertz CT molecular complexity index is 951. The standard InChI is InChI=1S/C19H25N3O4S/c1-13-11-22(7-8-27(25,26)12-13)19(24)18(21-14(2)23)9-15-10-20-17-6-4-3-5-16(15)17/h3-6,10,13,18,20H,7-9,11-12H2,1-2H3,(H,21,23)/t13-,18-/m0/s1. The monoisotopic (exact) mass is 391 g/mol. The third-order valence-electron chi connectivity index (χ3n) is 4.83. The van der Waals surface area contributed by atoms with E-state index >= 15 is 0 Å². The maximum absolute atomic E-state index is 13.1. The maximum atomic E-state index is 13.1. The summed E-state index contributed by atoms with van der Waals surface area (Å²) in [6, 6.07) is 7.05. The lowest BCUT2D eigenvalue weighted by Gasteiger charge is -2.27. The van der Waals surface area contributed by atoms with Gasteiger partial charge in [0.05, 0.1) is 11.5 Å². The topological polar surface area (TPSA) is 99.3 Å². The molecule has 0 radical (unpaired) electrons. The van der Waals surface area contributed by atoms with Crippen LogP contribution in [-0.2, 0) is 25.8 Å². The molecule has 1 fully saturated rings. The predicted octanol–water partition coefficient (Wildman–Crippen LogP) is 1.11. The molecule has 7 nitrogen and oxygen atoms in total. The van der Waals surface area contributed by atoms with Gasteiger partial charge in [0, 0.05) is 43.5 Å². The number of para-hydroxylation sites is 1. The summed E-state index contributed by atoms with van der Waals surface area (Å²) in [5.41, 5.74) is 1.91. The molecule has 8 heteroatoms. The fourth-order valence-corrected chi connectivity index (χ4v) is 5.31. The molecule has 0 aliphatic carbocycles. The Morgan fingerprint density at radius 2 is 2.07 bits per heavy atom. The number of H-pyrrole nitrogens is 1. The Morgan fingerprint density at radius 3 is 2.81 bits per heavy atom. The number of rotatable bonds is 4. The van der Waals surface area contributed by atoms with E-state index in [1.807, 2.05) is 37.4 Å². The summed E-state index contributed by atoms with van der Waals surface area (Å²) in [5.74, 6) is -0.608. The minimum absolute atomic E-state index is 0.0387. The first-order valence-corrected chi connectivity index (χ1v) is 10.9. The Morgan fingerprint density at radius 1 is 1.33 bits per heavy atom. The number of fused-ring (bicyclic) bond motifs is 1. The summed E-state index contributed by atoms with van der Waals surface area (Å²) >= 11 is 0. The molecule has 146 valence electrons. The quantitative estimate of drug-likeness (QED) is 0.815. The minimum Gasteiger partial charge on any atom is -0.361 e. The van der Waals surface area contributed by atoms with Crippen molar-refractivity contribution >= 4 is 32.6 Å². The van der Waals surface area contributed by atoms with Gasteiger partial charge in [0.2, 0.25) is 11.8 Å². The molecular formula is C19H25N3O4S. The van der Waals surface area contributed by atoms with Gasteiger partial charge in [0.15, 0.2) is 9.84 Å². The second kappa shape index (κ2) is 7.72. The number of sulfone groups is 1. The smallest absolute Gasteiger partial charge is 0.245 e. The van der Waals surface area contributed by atoms with Crippen LogP contribution < -0.4 is 5.32 Å². The van der Waals surface area contributed by atoms with E-state index in [0.29, 0.717) is 13.0 Å². The Labute approximate surface area is 159 Å². The molecule has 1 aromatic heterocycles. The maximum Gasteiger partial charge on any atom is 0.245 e. The number of hydrogen-bond donors (Lipinski definition) is 2. The van der Waals surface area contributed by atoms with E-state index in [9.17, 15) is 18.0 Å². The molecular weight excluding hydrogens is 366 g/mol. The van der Waals surface area contributed by atoms with Gasteiger partial charge in [-0.2, -0.15) is 0 Å². The van der Waals surface area contributed by atoms with Gasteiger partial charge in [-0.25, -0.2) is 8.42 Å². The summed E-state index contributed by atoms with van der Waals surface area (Å²) in [4.78, 5) is 29.5. The van der Waals surface area contributed by atoms with E-state index in [-0.39, 0.29) is 35.8 Å². The Kier molecular flexibility index (Phi) is 5.55. The summed E-state index contributed by atoms with van der Waals surface area (Å²) in [7, 11) is -3.15. The van der Waals surface area contributed by atoms with Crippen molar-refractivity contribution in [2.24, 2.45) is 5.92 Å². The number of aromatic amines is 1. The van der Waals surface area contributed by atoms with Gasteiger partial charge in [-0.1, -0.05) is 25.1 Å². The van der Waals surface area contributed by atoms with Gasteiger partial charge in [-0.15, -0.1) is 0 Å². The summed E-state index contributed by atoms with van der Waals surface area (Å²) in [6.45, 7) is 3.75. The van der Waals surface area contributed by atoms with Crippen LogP contribution in [0.5, 0.6) is 0 Å². The number of amides is 2. The van der Waals surface area contributed by atoms with Gasteiger partial charge in [-0.05, 0) is 17.5 Å². The SMILES string of the molecule is CC(=O)N[C@@H](Cc1c[nH]c2ccccc12)C(=O)N1CCS(=O)(=O)C[C@@H](C)C1. The van der Waals surface area contributed by atoms with Crippen molar-refractivity contribution in [1.29, 1.82) is 0 Å². The normalized spacial score (nSPS) is 20.8. The molecule has 3 rings (SSSR count). The lowest BCUT2D eigenvalue weighted by molar-refractivity contribution is -0.136. The van der Waals surface area contributed by atoms with Gasteiger partial charge >= 0.3 is 0 Å². The van der Waals surface area contributed by atoms with E-state index in [1.165, 1.54) is 6.92 Å². The fraction of sp³-hybridized carbons (Fsp3) is 0.474. The number of nitrogens with one attached hydrogen (secondary N) is 2. The van der Waals surface area contributed by atoms with Crippen LogP contribution >= 0.6 is 0 Å². The van der Waals surface area contributed by atoms with Crippen LogP contribution in [0.4, 0.5) is 0 Å². The zero-order chi connectivity index (χ0) is 19.6. The molecule has 1 aromatic carbocycles. The molecule has 2 N–H and O–H groups in total. The van der Waals surface area contributed by atoms with Crippen LogP contribution in [0.1, 0.15) is 19.4 Å². The molecule has 1 saturated heterocycles. The van der Waals surface area contributed by atoms with Crippen molar-refractivity contribution in [3.63, 3.8) is 0 Å². The molecule has 0 bridgehead atoms. The number of hydrogen-bond acceptors (Lipinski definition) is 4. The summed E-state index contributed by atoms with van der Waals surface area (Å²) in [5, 5.41) is 3.75. The first-order chi connectivity index (χ1) is 12.7. The predicted molar refractivity (Wildman–Crippen MR) is 104 cm³/mol. The molecule has 2 aromatic rings. The molecule has 0 unspecified atom stereocenters. The van der Waals surface area contributed by atoms with Crippen LogP contribution in [0.3, 0.4) is 0 Å². The van der Waals surface area contributed by atoms with Crippen LogP contribution in [0.15, 0.2) is 30.5 Å². The van der Waals surface area contributed by atoms with Crippen molar-refractivity contribution in [3.8, 4) is 0 Å². The van der Waals surface area contributed by atoms with Gasteiger partial charge in [-0.3, -0.25) is 9.59 Å². The fourth-order valence-electron chi connectivity index (χ4n) is 3.67. The highest BCUT2D eigenvalue weighted by atomic mass is 32.2. The number of aromatic nitrogens is 1. The van der Waals surface area contributed by atoms with Crippen LogP contribution in [0.25, 0.3) is 10.9 Å². The summed E-state index contributed by atoms with van der Waals surface area (Å²) in [6.07, 6.45) is 2.20. The van der Waals surface area contributed by atoms with E-state index < -0.39 is 15.9 Å². The van der Waals surface area contributed by atoms with Gasteiger partial charge < -0.3 is 15.2 Å². The molecule has 0 saturated carbocycles. The molecule has 0 spiro atoms. The van der Waals surface area contributed by atoms with Gasteiger partial charge in [0.25, 0.3) is 0 Å². The molecule has 2 atom stereocenters. The molecule has 1 aliphatic heterocycles. The molecule has 2 amide bonds. The zero-order valence-corrected chi connectivity index (χ0v) is 16.4. The average molecular weight is 391 g/mol. The highest BCUT2D eigenvalue weighted by Gasteiger charge is 2.31. The lowest BCUT2D eigenvalue weighted by atomic mass is 10.0. The van der Waals surface area contributed by atoms with Crippen molar-refractivity contribution in [3.05, 3.63) is 36.0 Å². The van der Waals surface area contributed by atoms with E-state index in [4.69, 9.17) is 0 Å². The number of nitrogens with zero attached hydrogens (tertiary/aromatic N) is 1. The number of benzene rings is 1. The molecule has 1 aliphatic rings. The lowest BCUT2D eigenvalue weighted by Crippen LogP contribution is -2.50. The first kappa shape index (κ1) is 19.4. The Hall–Kier alpha value is -2.35. The van der Waals surface area contributed by atoms with Crippen molar-refractivity contribution in [2.75, 3.05) is 24.6 Å². The summed E-state index contributed by atoms with van der Waals surface area (Å²) < 4.78 is 24.0. The largest absolute Gasteiger partial charge is 0.361 e. The number of carbonyl (C=O) groups excluding carboxylic acids is 2.